The lowest BCUT2D eigenvalue weighted by molar-refractivity contribution is -0.894. The summed E-state index contributed by atoms with van der Waals surface area (Å²) in [6, 6.07) is 8.12. The second kappa shape index (κ2) is 4.47. The zero-order chi connectivity index (χ0) is 10.7. The molecule has 0 aliphatic carbocycles. The molecule has 0 saturated heterocycles. The largest absolute Gasteiger partial charge is 0.632 e. The number of alkyl halides is 1. The average Bonchev–Trinajstić information content (AvgIpc) is 2.54. The zero-order valence-corrected chi connectivity index (χ0v) is 10.1. The molecule has 0 saturated carbocycles. The number of hydrogen-bond donors (Lipinski definition) is 0. The molecule has 0 amide bonds. The first-order chi connectivity index (χ1) is 7.23. The maximum atomic E-state index is 12.3. The number of allylic oxidation sites excluding steroid dienone is 1. The van der Waals surface area contributed by atoms with Gasteiger partial charge in [-0.15, -0.1) is 0 Å². The number of halogens is 1. The molecule has 2 nitrogen and oxygen atoms in total. The fourth-order valence-electron chi connectivity index (χ4n) is 2.00. The molecule has 3 heteroatoms. The Bertz CT molecular complexity index is 351. The Morgan fingerprint density at radius 3 is 2.33 bits per heavy atom. The van der Waals surface area contributed by atoms with Gasteiger partial charge in [-0.05, 0) is 6.08 Å². The molecule has 1 aromatic rings. The third-order valence-electron chi connectivity index (χ3n) is 2.73. The predicted molar refractivity (Wildman–Crippen MR) is 65.3 cm³/mol. The van der Waals surface area contributed by atoms with Crippen molar-refractivity contribution in [3.05, 3.63) is 52.8 Å². The third-order valence-corrected chi connectivity index (χ3v) is 3.10. The van der Waals surface area contributed by atoms with E-state index in [4.69, 9.17) is 0 Å². The van der Waals surface area contributed by atoms with Crippen molar-refractivity contribution in [3.8, 4) is 0 Å². The molecule has 0 atom stereocenters. The van der Waals surface area contributed by atoms with Crippen LogP contribution >= 0.6 is 15.9 Å². The van der Waals surface area contributed by atoms with Crippen LogP contribution in [0, 0.1) is 5.21 Å². The molecule has 0 spiro atoms. The molecule has 15 heavy (non-hydrogen) atoms. The van der Waals surface area contributed by atoms with E-state index in [2.05, 4.69) is 28.1 Å². The fourth-order valence-corrected chi connectivity index (χ4v) is 2.27. The average molecular weight is 268 g/mol. The SMILES string of the molecule is [O-][N+]1(CC=CCBr)Cc2ccccc2C1. The van der Waals surface area contributed by atoms with E-state index in [-0.39, 0.29) is 4.65 Å². The molecule has 1 aromatic carbocycles. The van der Waals surface area contributed by atoms with Gasteiger partial charge in [0.25, 0.3) is 0 Å². The zero-order valence-electron chi connectivity index (χ0n) is 8.53. The minimum atomic E-state index is -0.136. The van der Waals surface area contributed by atoms with Crippen molar-refractivity contribution in [2.75, 3.05) is 11.9 Å². The van der Waals surface area contributed by atoms with Crippen LogP contribution < -0.4 is 0 Å². The van der Waals surface area contributed by atoms with Crippen molar-refractivity contribution in [2.45, 2.75) is 13.1 Å². The van der Waals surface area contributed by atoms with Gasteiger partial charge in [-0.25, -0.2) is 0 Å². The molecule has 0 aromatic heterocycles. The Morgan fingerprint density at radius 2 is 1.80 bits per heavy atom. The lowest BCUT2D eigenvalue weighted by atomic mass is 10.1. The summed E-state index contributed by atoms with van der Waals surface area (Å²) < 4.78 is -0.136. The highest BCUT2D eigenvalue weighted by Crippen LogP contribution is 2.28. The van der Waals surface area contributed by atoms with Crippen molar-refractivity contribution in [3.63, 3.8) is 0 Å². The maximum absolute atomic E-state index is 12.3. The Labute approximate surface area is 98.5 Å². The number of hydrogen-bond acceptors (Lipinski definition) is 1. The minimum Gasteiger partial charge on any atom is -0.632 e. The van der Waals surface area contributed by atoms with Gasteiger partial charge >= 0.3 is 0 Å². The molecule has 2 rings (SSSR count). The van der Waals surface area contributed by atoms with E-state index in [1.165, 1.54) is 11.1 Å². The van der Waals surface area contributed by atoms with Gasteiger partial charge in [0.05, 0.1) is 6.54 Å². The number of nitrogens with zero attached hydrogens (tertiary/aromatic N) is 1. The molecule has 0 fully saturated rings. The summed E-state index contributed by atoms with van der Waals surface area (Å²) in [4.78, 5) is 0. The van der Waals surface area contributed by atoms with Crippen LogP contribution in [0.2, 0.25) is 0 Å². The Hall–Kier alpha value is -0.640. The van der Waals surface area contributed by atoms with Crippen molar-refractivity contribution in [2.24, 2.45) is 0 Å². The van der Waals surface area contributed by atoms with Gasteiger partial charge in [-0.3, -0.25) is 0 Å². The summed E-state index contributed by atoms with van der Waals surface area (Å²) in [5, 5.41) is 13.1. The second-order valence-electron chi connectivity index (χ2n) is 3.95. The van der Waals surface area contributed by atoms with E-state index in [1.54, 1.807) is 0 Å². The quantitative estimate of drug-likeness (QED) is 0.358. The van der Waals surface area contributed by atoms with E-state index in [1.807, 2.05) is 24.3 Å². The molecular formula is C12H14BrNO. The summed E-state index contributed by atoms with van der Waals surface area (Å²) in [5.41, 5.74) is 2.42. The van der Waals surface area contributed by atoms with Crippen LogP contribution in [0.3, 0.4) is 0 Å². The fraction of sp³-hybridized carbons (Fsp3) is 0.333. The number of benzene rings is 1. The predicted octanol–water partition coefficient (Wildman–Crippen LogP) is 2.97. The maximum Gasteiger partial charge on any atom is 0.105 e. The molecule has 0 radical (unpaired) electrons. The molecule has 0 N–H and O–H groups in total. The number of quaternary nitrogens is 1. The highest BCUT2D eigenvalue weighted by molar-refractivity contribution is 9.09. The minimum absolute atomic E-state index is 0.136. The van der Waals surface area contributed by atoms with E-state index in [9.17, 15) is 5.21 Å². The summed E-state index contributed by atoms with van der Waals surface area (Å²) in [5.74, 6) is 0. The van der Waals surface area contributed by atoms with Crippen molar-refractivity contribution < 1.29 is 4.65 Å². The van der Waals surface area contributed by atoms with E-state index < -0.39 is 0 Å². The van der Waals surface area contributed by atoms with Crippen LogP contribution in [0.5, 0.6) is 0 Å². The van der Waals surface area contributed by atoms with Crippen LogP contribution in [0.15, 0.2) is 36.4 Å². The Balaban J connectivity index is 2.07. The van der Waals surface area contributed by atoms with Crippen molar-refractivity contribution >= 4 is 15.9 Å². The topological polar surface area (TPSA) is 23.1 Å². The Morgan fingerprint density at radius 1 is 1.20 bits per heavy atom. The second-order valence-corrected chi connectivity index (χ2v) is 4.60. The molecule has 1 aliphatic rings. The normalized spacial score (nSPS) is 18.3. The highest BCUT2D eigenvalue weighted by Gasteiger charge is 2.26. The summed E-state index contributed by atoms with van der Waals surface area (Å²) in [7, 11) is 0. The first kappa shape index (κ1) is 10.9. The number of hydroxylamine groups is 3. The van der Waals surface area contributed by atoms with Gasteiger partial charge in [0.1, 0.15) is 13.1 Å². The van der Waals surface area contributed by atoms with E-state index in [0.29, 0.717) is 19.6 Å². The van der Waals surface area contributed by atoms with Crippen LogP contribution in [-0.4, -0.2) is 16.5 Å². The molecule has 80 valence electrons. The molecule has 0 bridgehead atoms. The summed E-state index contributed by atoms with van der Waals surface area (Å²) in [6.07, 6.45) is 3.95. The standard InChI is InChI=1S/C12H14BrNO/c13-7-3-4-8-14(15)9-11-5-1-2-6-12(11)10-14/h1-6H,7-10H2. The first-order valence-corrected chi connectivity index (χ1v) is 6.20. The lowest BCUT2D eigenvalue weighted by Gasteiger charge is -2.37. The molecule has 1 heterocycles. The number of fused-ring (bicyclic) bond motifs is 1. The summed E-state index contributed by atoms with van der Waals surface area (Å²) >= 11 is 3.31. The summed E-state index contributed by atoms with van der Waals surface area (Å²) in [6.45, 7) is 1.80. The van der Waals surface area contributed by atoms with E-state index >= 15 is 0 Å². The smallest absolute Gasteiger partial charge is 0.105 e. The van der Waals surface area contributed by atoms with Gasteiger partial charge < -0.3 is 9.85 Å². The number of rotatable bonds is 3. The van der Waals surface area contributed by atoms with Crippen LogP contribution in [0.25, 0.3) is 0 Å². The van der Waals surface area contributed by atoms with Gasteiger partial charge in [-0.1, -0.05) is 46.3 Å². The van der Waals surface area contributed by atoms with Crippen molar-refractivity contribution in [1.29, 1.82) is 0 Å². The lowest BCUT2D eigenvalue weighted by Crippen LogP contribution is -2.35. The highest BCUT2D eigenvalue weighted by atomic mass is 79.9. The Kier molecular flexibility index (Phi) is 3.24. The van der Waals surface area contributed by atoms with Gasteiger partial charge in [0.15, 0.2) is 0 Å². The van der Waals surface area contributed by atoms with Gasteiger partial charge in [-0.2, -0.15) is 0 Å². The molecular weight excluding hydrogens is 254 g/mol. The monoisotopic (exact) mass is 267 g/mol. The van der Waals surface area contributed by atoms with Gasteiger partial charge in [0.2, 0.25) is 0 Å². The van der Waals surface area contributed by atoms with Gasteiger partial charge in [0, 0.05) is 16.5 Å². The third kappa shape index (κ3) is 2.48. The van der Waals surface area contributed by atoms with E-state index in [0.717, 1.165) is 5.33 Å². The van der Waals surface area contributed by atoms with Crippen LogP contribution in [0.4, 0.5) is 0 Å². The molecule has 0 unspecified atom stereocenters. The van der Waals surface area contributed by atoms with Crippen LogP contribution in [-0.2, 0) is 13.1 Å². The molecule has 1 aliphatic heterocycles. The van der Waals surface area contributed by atoms with Crippen molar-refractivity contribution in [1.82, 2.24) is 0 Å². The van der Waals surface area contributed by atoms with Crippen LogP contribution in [0.1, 0.15) is 11.1 Å². The first-order valence-electron chi connectivity index (χ1n) is 5.08.